The van der Waals surface area contributed by atoms with Crippen molar-refractivity contribution in [3.05, 3.63) is 83.7 Å². The van der Waals surface area contributed by atoms with Crippen LogP contribution in [0.1, 0.15) is 48.3 Å². The van der Waals surface area contributed by atoms with Crippen LogP contribution in [0.2, 0.25) is 0 Å². The lowest BCUT2D eigenvalue weighted by atomic mass is 9.81. The zero-order chi connectivity index (χ0) is 23.3. The van der Waals surface area contributed by atoms with Crippen LogP contribution in [0.25, 0.3) is 11.1 Å². The molecule has 2 atom stereocenters. The summed E-state index contributed by atoms with van der Waals surface area (Å²) in [5.41, 5.74) is 4.57. The average Bonchev–Trinajstić information content (AvgIpc) is 3.34. The van der Waals surface area contributed by atoms with Gasteiger partial charge in [0, 0.05) is 42.6 Å². The highest BCUT2D eigenvalue weighted by molar-refractivity contribution is 5.79. The third-order valence-electron chi connectivity index (χ3n) is 7.80. The molecular formula is C28H28N2O4. The molecule has 0 spiro atoms. The summed E-state index contributed by atoms with van der Waals surface area (Å²) in [7, 11) is 1.59. The van der Waals surface area contributed by atoms with Crippen molar-refractivity contribution in [2.75, 3.05) is 13.7 Å². The van der Waals surface area contributed by atoms with E-state index in [-0.39, 0.29) is 24.1 Å². The Morgan fingerprint density at radius 1 is 1.03 bits per heavy atom. The van der Waals surface area contributed by atoms with Gasteiger partial charge in [0.05, 0.1) is 18.9 Å². The number of benzene rings is 2. The third kappa shape index (κ3) is 3.36. The fourth-order valence-corrected chi connectivity index (χ4v) is 6.21. The number of methoxy groups -OCH3 is 1. The van der Waals surface area contributed by atoms with Crippen LogP contribution in [0.5, 0.6) is 5.75 Å². The molecule has 1 aliphatic carbocycles. The second kappa shape index (κ2) is 8.13. The summed E-state index contributed by atoms with van der Waals surface area (Å²) in [5.74, 6) is 0.663. The maximum atomic E-state index is 13.3. The zero-order valence-corrected chi connectivity index (χ0v) is 19.2. The predicted molar refractivity (Wildman–Crippen MR) is 128 cm³/mol. The summed E-state index contributed by atoms with van der Waals surface area (Å²) in [6.45, 7) is 0.312. The van der Waals surface area contributed by atoms with Gasteiger partial charge in [-0.15, -0.1) is 0 Å². The Bertz CT molecular complexity index is 1180. The normalized spacial score (nSPS) is 25.1. The molecule has 2 aromatic carbocycles. The number of amides is 1. The van der Waals surface area contributed by atoms with Gasteiger partial charge in [0.15, 0.2) is 0 Å². The van der Waals surface area contributed by atoms with E-state index in [2.05, 4.69) is 41.4 Å². The number of carbonyl (C=O) groups is 1. The number of nitrogens with zero attached hydrogens (tertiary/aromatic N) is 2. The van der Waals surface area contributed by atoms with Crippen molar-refractivity contribution in [1.82, 2.24) is 9.88 Å². The highest BCUT2D eigenvalue weighted by atomic mass is 16.6. The van der Waals surface area contributed by atoms with Gasteiger partial charge < -0.3 is 19.5 Å². The number of ether oxygens (including phenoxy) is 2. The lowest BCUT2D eigenvalue weighted by molar-refractivity contribution is -0.0534. The summed E-state index contributed by atoms with van der Waals surface area (Å²) in [6, 6.07) is 18.4. The standard InChI is InChI=1S/C28H28N2O4/c1-33-21-12-18(15-29-16-21)28(32)13-19-10-11-20(14-28)30(19)27(31)34-17-26-24-8-4-2-6-22(24)23-7-3-5-9-25(23)26/h2-9,12,15-16,19-20,26,32H,10-11,13-14,17H2,1H3. The molecule has 3 aromatic rings. The van der Waals surface area contributed by atoms with Crippen molar-refractivity contribution in [3.8, 4) is 16.9 Å². The lowest BCUT2D eigenvalue weighted by Crippen LogP contribution is -2.52. The molecule has 2 fully saturated rings. The van der Waals surface area contributed by atoms with Gasteiger partial charge in [0.2, 0.25) is 0 Å². The molecule has 2 saturated heterocycles. The molecule has 6 nitrogen and oxygen atoms in total. The topological polar surface area (TPSA) is 71.9 Å². The molecule has 2 unspecified atom stereocenters. The Hall–Kier alpha value is -3.38. The smallest absolute Gasteiger partial charge is 0.410 e. The lowest BCUT2D eigenvalue weighted by Gasteiger charge is -2.43. The summed E-state index contributed by atoms with van der Waals surface area (Å²) < 4.78 is 11.2. The van der Waals surface area contributed by atoms with Crippen molar-refractivity contribution in [3.63, 3.8) is 0 Å². The molecule has 1 N–H and O–H groups in total. The number of hydrogen-bond acceptors (Lipinski definition) is 5. The van der Waals surface area contributed by atoms with Gasteiger partial charge in [-0.3, -0.25) is 4.98 Å². The van der Waals surface area contributed by atoms with Crippen LogP contribution in [0.3, 0.4) is 0 Å². The second-order valence-electron chi connectivity index (χ2n) is 9.65. The molecule has 2 bridgehead atoms. The van der Waals surface area contributed by atoms with E-state index in [1.54, 1.807) is 19.5 Å². The molecule has 3 aliphatic rings. The Morgan fingerprint density at radius 2 is 1.65 bits per heavy atom. The largest absolute Gasteiger partial charge is 0.495 e. The molecular weight excluding hydrogens is 428 g/mol. The molecule has 3 heterocycles. The summed E-state index contributed by atoms with van der Waals surface area (Å²) in [5, 5.41) is 11.5. The van der Waals surface area contributed by atoms with Crippen molar-refractivity contribution in [1.29, 1.82) is 0 Å². The number of pyridine rings is 1. The van der Waals surface area contributed by atoms with Crippen LogP contribution in [-0.4, -0.2) is 46.9 Å². The minimum absolute atomic E-state index is 0.0404. The van der Waals surface area contributed by atoms with Gasteiger partial charge in [-0.2, -0.15) is 0 Å². The number of aromatic nitrogens is 1. The Labute approximate surface area is 199 Å². The maximum absolute atomic E-state index is 13.3. The van der Waals surface area contributed by atoms with Crippen LogP contribution in [0, 0.1) is 0 Å². The molecule has 174 valence electrons. The van der Waals surface area contributed by atoms with E-state index in [0.29, 0.717) is 25.2 Å². The number of rotatable bonds is 4. The molecule has 6 heteroatoms. The summed E-state index contributed by atoms with van der Waals surface area (Å²) in [6.07, 6.45) is 5.74. The van der Waals surface area contributed by atoms with Gasteiger partial charge in [0.1, 0.15) is 12.4 Å². The van der Waals surface area contributed by atoms with Crippen LogP contribution in [0.4, 0.5) is 4.79 Å². The molecule has 1 aromatic heterocycles. The average molecular weight is 457 g/mol. The fourth-order valence-electron chi connectivity index (χ4n) is 6.21. The summed E-state index contributed by atoms with van der Waals surface area (Å²) in [4.78, 5) is 19.4. The van der Waals surface area contributed by atoms with E-state index in [1.807, 2.05) is 23.1 Å². The van der Waals surface area contributed by atoms with E-state index in [4.69, 9.17) is 9.47 Å². The van der Waals surface area contributed by atoms with Crippen molar-refractivity contribution >= 4 is 6.09 Å². The van der Waals surface area contributed by atoms with Crippen LogP contribution in [-0.2, 0) is 10.3 Å². The predicted octanol–water partition coefficient (Wildman–Crippen LogP) is 4.85. The van der Waals surface area contributed by atoms with E-state index in [9.17, 15) is 9.90 Å². The van der Waals surface area contributed by atoms with Gasteiger partial charge in [0.25, 0.3) is 0 Å². The van der Waals surface area contributed by atoms with E-state index in [0.717, 1.165) is 18.4 Å². The van der Waals surface area contributed by atoms with Crippen molar-refractivity contribution in [2.24, 2.45) is 0 Å². The number of aliphatic hydroxyl groups is 1. The minimum Gasteiger partial charge on any atom is -0.495 e. The molecule has 1 amide bonds. The highest BCUT2D eigenvalue weighted by Crippen LogP contribution is 2.47. The molecule has 6 rings (SSSR count). The SMILES string of the molecule is COc1cncc(C2(O)CC3CCC(C2)N3C(=O)OCC2c3ccccc3-c3ccccc32)c1. The maximum Gasteiger partial charge on any atom is 0.410 e. The quantitative estimate of drug-likeness (QED) is 0.607. The number of fused-ring (bicyclic) bond motifs is 5. The summed E-state index contributed by atoms with van der Waals surface area (Å²) >= 11 is 0. The Balaban J connectivity index is 1.18. The number of carbonyl (C=O) groups excluding carboxylic acids is 1. The van der Waals surface area contributed by atoms with Crippen LogP contribution in [0.15, 0.2) is 67.0 Å². The number of piperidine rings is 1. The highest BCUT2D eigenvalue weighted by Gasteiger charge is 2.51. The fraction of sp³-hybridized carbons (Fsp3) is 0.357. The first-order chi connectivity index (χ1) is 16.6. The van der Waals surface area contributed by atoms with Crippen molar-refractivity contribution in [2.45, 2.75) is 49.3 Å². The van der Waals surface area contributed by atoms with Crippen LogP contribution < -0.4 is 4.74 Å². The van der Waals surface area contributed by atoms with Gasteiger partial charge >= 0.3 is 6.09 Å². The number of hydrogen-bond donors (Lipinski definition) is 1. The first-order valence-electron chi connectivity index (χ1n) is 11.9. The van der Waals surface area contributed by atoms with E-state index in [1.165, 1.54) is 22.3 Å². The monoisotopic (exact) mass is 456 g/mol. The molecule has 2 aliphatic heterocycles. The van der Waals surface area contributed by atoms with Gasteiger partial charge in [-0.25, -0.2) is 4.79 Å². The molecule has 0 radical (unpaired) electrons. The second-order valence-corrected chi connectivity index (χ2v) is 9.65. The Morgan fingerprint density at radius 3 is 2.26 bits per heavy atom. The van der Waals surface area contributed by atoms with Crippen molar-refractivity contribution < 1.29 is 19.4 Å². The first kappa shape index (κ1) is 21.2. The van der Waals surface area contributed by atoms with Crippen LogP contribution >= 0.6 is 0 Å². The third-order valence-corrected chi connectivity index (χ3v) is 7.80. The van der Waals surface area contributed by atoms with Gasteiger partial charge in [-0.05, 0) is 41.2 Å². The van der Waals surface area contributed by atoms with Gasteiger partial charge in [-0.1, -0.05) is 48.5 Å². The molecule has 34 heavy (non-hydrogen) atoms. The van der Waals surface area contributed by atoms with E-state index < -0.39 is 5.60 Å². The molecule has 0 saturated carbocycles. The first-order valence-corrected chi connectivity index (χ1v) is 11.9. The van der Waals surface area contributed by atoms with E-state index >= 15 is 0 Å². The minimum atomic E-state index is -1.02. The zero-order valence-electron chi connectivity index (χ0n) is 19.2. The Kier molecular flexibility index (Phi) is 5.06.